The van der Waals surface area contributed by atoms with Crippen molar-refractivity contribution < 1.29 is 4.79 Å². The number of nitrogens with one attached hydrogen (secondary N) is 3. The van der Waals surface area contributed by atoms with Gasteiger partial charge in [0.05, 0.1) is 0 Å². The van der Waals surface area contributed by atoms with E-state index in [0.717, 1.165) is 0 Å². The lowest BCUT2D eigenvalue weighted by molar-refractivity contribution is -0.121. The van der Waals surface area contributed by atoms with Crippen LogP contribution in [0.25, 0.3) is 0 Å². The van der Waals surface area contributed by atoms with Crippen molar-refractivity contribution in [3.8, 4) is 0 Å². The molecule has 8 heavy (non-hydrogen) atoms. The number of rotatable bonds is 1. The van der Waals surface area contributed by atoms with E-state index in [1.807, 2.05) is 0 Å². The Balaban J connectivity index is 2.42. The van der Waals surface area contributed by atoms with Crippen LogP contribution >= 0.6 is 0 Å². The highest BCUT2D eigenvalue weighted by molar-refractivity contribution is 5.83. The Morgan fingerprint density at radius 3 is 2.88 bits per heavy atom. The van der Waals surface area contributed by atoms with Gasteiger partial charge in [-0.1, -0.05) is 0 Å². The van der Waals surface area contributed by atoms with Crippen LogP contribution in [0.5, 0.6) is 0 Å². The van der Waals surface area contributed by atoms with Gasteiger partial charge in [-0.3, -0.25) is 16.1 Å². The van der Waals surface area contributed by atoms with Crippen LogP contribution < -0.4 is 22.1 Å². The van der Waals surface area contributed by atoms with E-state index in [9.17, 15) is 4.79 Å². The molecule has 5 N–H and O–H groups in total. The van der Waals surface area contributed by atoms with Crippen molar-refractivity contribution in [3.05, 3.63) is 0 Å². The van der Waals surface area contributed by atoms with E-state index in [1.54, 1.807) is 0 Å². The van der Waals surface area contributed by atoms with Gasteiger partial charge in [-0.2, -0.15) is 0 Å². The van der Waals surface area contributed by atoms with Gasteiger partial charge in [-0.05, 0) is 0 Å². The van der Waals surface area contributed by atoms with E-state index in [4.69, 9.17) is 5.84 Å². The topological polar surface area (TPSA) is 79.2 Å². The summed E-state index contributed by atoms with van der Waals surface area (Å²) in [5.74, 6) is 4.87. The minimum atomic E-state index is -0.269. The largest absolute Gasteiger partial charge is 0.290 e. The maximum atomic E-state index is 10.5. The van der Waals surface area contributed by atoms with Crippen LogP contribution in [0.15, 0.2) is 0 Å². The van der Waals surface area contributed by atoms with Gasteiger partial charge in [0, 0.05) is 6.54 Å². The molecule has 0 bridgehead atoms. The molecule has 0 aliphatic carbocycles. The average Bonchev–Trinajstić information content (AvgIpc) is 2.14. The summed E-state index contributed by atoms with van der Waals surface area (Å²) in [5.41, 5.74) is 7.36. The van der Waals surface area contributed by atoms with Gasteiger partial charge in [0.15, 0.2) is 0 Å². The highest BCUT2D eigenvalue weighted by Crippen LogP contribution is 1.82. The van der Waals surface area contributed by atoms with Gasteiger partial charge in [0.1, 0.15) is 6.04 Å². The maximum absolute atomic E-state index is 10.5. The summed E-state index contributed by atoms with van der Waals surface area (Å²) in [5, 5.41) is 0. The molecule has 1 saturated heterocycles. The Labute approximate surface area is 46.6 Å². The van der Waals surface area contributed by atoms with Crippen molar-refractivity contribution in [3.63, 3.8) is 0 Å². The molecule has 5 nitrogen and oxygen atoms in total. The monoisotopic (exact) mass is 116 g/mol. The summed E-state index contributed by atoms with van der Waals surface area (Å²) in [7, 11) is 0. The van der Waals surface area contributed by atoms with Gasteiger partial charge in [0.2, 0.25) is 0 Å². The van der Waals surface area contributed by atoms with Crippen LogP contribution in [0.1, 0.15) is 0 Å². The van der Waals surface area contributed by atoms with Crippen LogP contribution in [0.2, 0.25) is 0 Å². The average molecular weight is 116 g/mol. The van der Waals surface area contributed by atoms with E-state index in [1.165, 1.54) is 0 Å². The molecule has 1 aliphatic rings. The van der Waals surface area contributed by atoms with Crippen molar-refractivity contribution in [1.82, 2.24) is 16.3 Å². The molecule has 0 saturated carbocycles. The zero-order valence-corrected chi connectivity index (χ0v) is 4.27. The lowest BCUT2D eigenvalue weighted by Gasteiger charge is -1.99. The van der Waals surface area contributed by atoms with Crippen molar-refractivity contribution in [2.45, 2.75) is 6.04 Å². The molecule has 1 atom stereocenters. The number of hydrazine groups is 2. The summed E-state index contributed by atoms with van der Waals surface area (Å²) in [6.07, 6.45) is 0. The van der Waals surface area contributed by atoms with E-state index >= 15 is 0 Å². The molecule has 0 spiro atoms. The second-order valence-electron chi connectivity index (χ2n) is 1.59. The number of hydrogen-bond acceptors (Lipinski definition) is 4. The molecule has 1 heterocycles. The van der Waals surface area contributed by atoms with Crippen molar-refractivity contribution in [1.29, 1.82) is 0 Å². The number of hydrogen-bond donors (Lipinski definition) is 4. The van der Waals surface area contributed by atoms with Gasteiger partial charge in [-0.25, -0.2) is 10.9 Å². The normalized spacial score (nSPS) is 28.1. The minimum absolute atomic E-state index is 0.104. The fourth-order valence-corrected chi connectivity index (χ4v) is 0.555. The predicted octanol–water partition coefficient (Wildman–Crippen LogP) is -2.55. The molecule has 1 fully saturated rings. The molecule has 0 aromatic rings. The summed E-state index contributed by atoms with van der Waals surface area (Å²) < 4.78 is 0. The number of carbonyl (C=O) groups is 1. The fourth-order valence-electron chi connectivity index (χ4n) is 0.555. The Bertz CT molecular complexity index is 103. The molecule has 0 radical (unpaired) electrons. The summed E-state index contributed by atoms with van der Waals surface area (Å²) in [6, 6.07) is -0.269. The van der Waals surface area contributed by atoms with Crippen molar-refractivity contribution in [2.24, 2.45) is 5.84 Å². The smallest absolute Gasteiger partial charge is 0.253 e. The Kier molecular flexibility index (Phi) is 1.43. The Hall–Kier alpha value is -0.650. The molecule has 1 aliphatic heterocycles. The Morgan fingerprint density at radius 2 is 2.62 bits per heavy atom. The van der Waals surface area contributed by atoms with Crippen molar-refractivity contribution >= 4 is 5.91 Å². The molecular weight excluding hydrogens is 108 g/mol. The second kappa shape index (κ2) is 2.08. The van der Waals surface area contributed by atoms with E-state index in [0.29, 0.717) is 6.54 Å². The SMILES string of the molecule is NNC1CNNC1=O. The zero-order valence-electron chi connectivity index (χ0n) is 4.27. The minimum Gasteiger partial charge on any atom is -0.290 e. The van der Waals surface area contributed by atoms with Gasteiger partial charge in [-0.15, -0.1) is 0 Å². The molecular formula is C3H8N4O. The predicted molar refractivity (Wildman–Crippen MR) is 27.3 cm³/mol. The quantitative estimate of drug-likeness (QED) is 0.225. The third-order valence-electron chi connectivity index (χ3n) is 1.04. The molecule has 46 valence electrons. The first-order valence-corrected chi connectivity index (χ1v) is 2.33. The molecule has 0 aromatic carbocycles. The summed E-state index contributed by atoms with van der Waals surface area (Å²) in [6.45, 7) is 0.551. The highest BCUT2D eigenvalue weighted by Gasteiger charge is 2.21. The summed E-state index contributed by atoms with van der Waals surface area (Å²) >= 11 is 0. The van der Waals surface area contributed by atoms with E-state index in [2.05, 4.69) is 16.3 Å². The first-order chi connectivity index (χ1) is 3.84. The zero-order chi connectivity index (χ0) is 5.98. The van der Waals surface area contributed by atoms with E-state index in [-0.39, 0.29) is 11.9 Å². The molecule has 5 heteroatoms. The van der Waals surface area contributed by atoms with Crippen LogP contribution in [0.3, 0.4) is 0 Å². The molecule has 0 aromatic heterocycles. The number of nitrogens with two attached hydrogens (primary N) is 1. The van der Waals surface area contributed by atoms with Crippen LogP contribution in [0, 0.1) is 0 Å². The van der Waals surface area contributed by atoms with Gasteiger partial charge >= 0.3 is 0 Å². The maximum Gasteiger partial charge on any atom is 0.253 e. The first-order valence-electron chi connectivity index (χ1n) is 2.33. The van der Waals surface area contributed by atoms with E-state index < -0.39 is 0 Å². The number of amides is 1. The highest BCUT2D eigenvalue weighted by atomic mass is 16.2. The summed E-state index contributed by atoms with van der Waals surface area (Å²) in [4.78, 5) is 10.5. The fraction of sp³-hybridized carbons (Fsp3) is 0.667. The van der Waals surface area contributed by atoms with Gasteiger partial charge in [0.25, 0.3) is 5.91 Å². The van der Waals surface area contributed by atoms with Crippen LogP contribution in [-0.4, -0.2) is 18.5 Å². The van der Waals surface area contributed by atoms with Crippen LogP contribution in [-0.2, 0) is 4.79 Å². The molecule has 1 amide bonds. The molecule has 1 unspecified atom stereocenters. The third-order valence-corrected chi connectivity index (χ3v) is 1.04. The standard InChI is InChI=1S/C3H8N4O/c4-6-2-1-5-7-3(2)8/h2,5-6H,1,4H2,(H,7,8). The van der Waals surface area contributed by atoms with Crippen molar-refractivity contribution in [2.75, 3.05) is 6.54 Å². The van der Waals surface area contributed by atoms with Gasteiger partial charge < -0.3 is 0 Å². The second-order valence-corrected chi connectivity index (χ2v) is 1.59. The lowest BCUT2D eigenvalue weighted by Crippen LogP contribution is -2.42. The lowest BCUT2D eigenvalue weighted by atomic mass is 10.3. The van der Waals surface area contributed by atoms with Crippen LogP contribution in [0.4, 0.5) is 0 Å². The number of carbonyl (C=O) groups excluding carboxylic acids is 1. The third kappa shape index (κ3) is 0.786. The Morgan fingerprint density at radius 1 is 1.88 bits per heavy atom. The first kappa shape index (κ1) is 5.49. The molecule has 1 rings (SSSR count).